The van der Waals surface area contributed by atoms with E-state index in [-0.39, 0.29) is 5.02 Å². The Bertz CT molecular complexity index is 772. The van der Waals surface area contributed by atoms with Crippen molar-refractivity contribution in [3.63, 3.8) is 0 Å². The molecule has 0 spiro atoms. The van der Waals surface area contributed by atoms with Crippen LogP contribution in [0.25, 0.3) is 5.65 Å². The van der Waals surface area contributed by atoms with Gasteiger partial charge in [0.25, 0.3) is 0 Å². The van der Waals surface area contributed by atoms with Gasteiger partial charge in [-0.05, 0) is 17.7 Å². The minimum absolute atomic E-state index is 0.106. The average molecular weight is 311 g/mol. The van der Waals surface area contributed by atoms with Crippen molar-refractivity contribution in [2.24, 2.45) is 0 Å². The Morgan fingerprint density at radius 1 is 1.20 bits per heavy atom. The predicted molar refractivity (Wildman–Crippen MR) is 76.7 cm³/mol. The normalized spacial score (nSPS) is 10.9. The highest BCUT2D eigenvalue weighted by atomic mass is 35.5. The Labute approximate surface area is 124 Å². The lowest BCUT2D eigenvalue weighted by molar-refractivity contribution is 0.627. The number of nitrogens with zero attached hydrogens (tertiary/aromatic N) is 3. The topological polar surface area (TPSA) is 42.2 Å². The summed E-state index contributed by atoms with van der Waals surface area (Å²) >= 11 is 11.6. The fraction of sp³-hybridized carbons (Fsp3) is 0.0769. The third kappa shape index (κ3) is 2.55. The molecule has 0 bridgehead atoms. The maximum atomic E-state index is 13.1. The van der Waals surface area contributed by atoms with Crippen LogP contribution in [-0.4, -0.2) is 14.4 Å². The van der Waals surface area contributed by atoms with Crippen molar-refractivity contribution < 1.29 is 4.39 Å². The van der Waals surface area contributed by atoms with Crippen LogP contribution in [-0.2, 0) is 6.54 Å². The van der Waals surface area contributed by atoms with Crippen LogP contribution in [0.1, 0.15) is 5.56 Å². The van der Waals surface area contributed by atoms with Crippen LogP contribution in [0.3, 0.4) is 0 Å². The van der Waals surface area contributed by atoms with Crippen molar-refractivity contribution in [3.05, 3.63) is 58.3 Å². The highest BCUT2D eigenvalue weighted by molar-refractivity contribution is 6.30. The number of hydrogen-bond donors (Lipinski definition) is 1. The van der Waals surface area contributed by atoms with Gasteiger partial charge in [-0.3, -0.25) is 4.40 Å². The molecule has 4 nitrogen and oxygen atoms in total. The average Bonchev–Trinajstić information content (AvgIpc) is 2.82. The monoisotopic (exact) mass is 310 g/mol. The van der Waals surface area contributed by atoms with E-state index in [1.807, 2.05) is 0 Å². The maximum Gasteiger partial charge on any atom is 0.157 e. The molecule has 2 aromatic heterocycles. The molecule has 0 saturated carbocycles. The highest BCUT2D eigenvalue weighted by Gasteiger charge is 2.05. The number of imidazole rings is 1. The number of anilines is 1. The van der Waals surface area contributed by atoms with E-state index in [1.165, 1.54) is 6.07 Å². The smallest absolute Gasteiger partial charge is 0.157 e. The van der Waals surface area contributed by atoms with Gasteiger partial charge in [0.2, 0.25) is 0 Å². The van der Waals surface area contributed by atoms with Gasteiger partial charge in [-0.25, -0.2) is 14.4 Å². The second-order valence-corrected chi connectivity index (χ2v) is 4.98. The Morgan fingerprint density at radius 3 is 2.85 bits per heavy atom. The van der Waals surface area contributed by atoms with Gasteiger partial charge in [-0.1, -0.05) is 29.3 Å². The zero-order valence-electron chi connectivity index (χ0n) is 10.1. The first kappa shape index (κ1) is 13.1. The number of rotatable bonds is 3. The molecular weight excluding hydrogens is 302 g/mol. The van der Waals surface area contributed by atoms with Crippen LogP contribution in [0, 0.1) is 5.82 Å². The molecule has 3 aromatic rings. The summed E-state index contributed by atoms with van der Waals surface area (Å²) < 4.78 is 14.9. The molecule has 1 aromatic carbocycles. The minimum atomic E-state index is -0.428. The van der Waals surface area contributed by atoms with E-state index in [0.717, 1.165) is 11.4 Å². The first-order valence-corrected chi connectivity index (χ1v) is 6.55. The standard InChI is InChI=1S/C13H9Cl2FN4/c14-9-3-8(1-2-10(9)16)4-18-13-6-19-12-5-17-11(15)7-20(12)13/h1-3,5-7,18H,4H2. The molecule has 0 fully saturated rings. The van der Waals surface area contributed by atoms with Crippen molar-refractivity contribution in [3.8, 4) is 0 Å². The van der Waals surface area contributed by atoms with Gasteiger partial charge in [0, 0.05) is 12.7 Å². The Balaban J connectivity index is 1.83. The van der Waals surface area contributed by atoms with Crippen molar-refractivity contribution in [1.29, 1.82) is 0 Å². The quantitative estimate of drug-likeness (QED) is 0.800. The van der Waals surface area contributed by atoms with Crippen LogP contribution in [0.2, 0.25) is 10.2 Å². The summed E-state index contributed by atoms with van der Waals surface area (Å²) in [5.74, 6) is 0.341. The molecule has 0 unspecified atom stereocenters. The van der Waals surface area contributed by atoms with E-state index in [4.69, 9.17) is 23.2 Å². The van der Waals surface area contributed by atoms with E-state index in [2.05, 4.69) is 15.3 Å². The molecule has 102 valence electrons. The summed E-state index contributed by atoms with van der Waals surface area (Å²) in [5, 5.41) is 3.68. The van der Waals surface area contributed by atoms with Gasteiger partial charge < -0.3 is 5.32 Å². The lowest BCUT2D eigenvalue weighted by atomic mass is 10.2. The lowest BCUT2D eigenvalue weighted by Gasteiger charge is -2.07. The van der Waals surface area contributed by atoms with Crippen molar-refractivity contribution in [2.45, 2.75) is 6.54 Å². The number of aromatic nitrogens is 3. The summed E-state index contributed by atoms with van der Waals surface area (Å²) in [6.45, 7) is 0.494. The third-order valence-corrected chi connectivity index (χ3v) is 3.31. The van der Waals surface area contributed by atoms with Crippen LogP contribution in [0.15, 0.2) is 36.8 Å². The van der Waals surface area contributed by atoms with Crippen LogP contribution >= 0.6 is 23.2 Å². The third-order valence-electron chi connectivity index (χ3n) is 2.82. The number of benzene rings is 1. The molecule has 0 aliphatic carbocycles. The summed E-state index contributed by atoms with van der Waals surface area (Å²) in [7, 11) is 0. The molecule has 0 atom stereocenters. The number of nitrogens with one attached hydrogen (secondary N) is 1. The Morgan fingerprint density at radius 2 is 2.05 bits per heavy atom. The van der Waals surface area contributed by atoms with Gasteiger partial charge in [0.15, 0.2) is 5.65 Å². The molecule has 0 radical (unpaired) electrons. The zero-order valence-corrected chi connectivity index (χ0v) is 11.7. The summed E-state index contributed by atoms with van der Waals surface area (Å²) in [5.41, 5.74) is 1.56. The van der Waals surface area contributed by atoms with Gasteiger partial charge in [0.05, 0.1) is 17.4 Å². The van der Waals surface area contributed by atoms with Crippen molar-refractivity contribution in [1.82, 2.24) is 14.4 Å². The molecule has 2 heterocycles. The fourth-order valence-electron chi connectivity index (χ4n) is 1.84. The van der Waals surface area contributed by atoms with Gasteiger partial charge in [-0.15, -0.1) is 0 Å². The van der Waals surface area contributed by atoms with Crippen molar-refractivity contribution >= 4 is 34.7 Å². The molecule has 0 aliphatic heterocycles. The van der Waals surface area contributed by atoms with E-state index >= 15 is 0 Å². The van der Waals surface area contributed by atoms with Gasteiger partial charge in [0.1, 0.15) is 16.8 Å². The molecule has 3 rings (SSSR count). The largest absolute Gasteiger partial charge is 0.366 e. The molecule has 7 heteroatoms. The first-order chi connectivity index (χ1) is 9.63. The van der Waals surface area contributed by atoms with E-state index < -0.39 is 5.82 Å². The number of fused-ring (bicyclic) bond motifs is 1. The highest BCUT2D eigenvalue weighted by Crippen LogP contribution is 2.18. The predicted octanol–water partition coefficient (Wildman–Crippen LogP) is 3.79. The molecule has 0 saturated heterocycles. The van der Waals surface area contributed by atoms with Crippen LogP contribution in [0.5, 0.6) is 0 Å². The fourth-order valence-corrected chi connectivity index (χ4v) is 2.19. The zero-order chi connectivity index (χ0) is 14.1. The molecule has 20 heavy (non-hydrogen) atoms. The minimum Gasteiger partial charge on any atom is -0.366 e. The molecule has 1 N–H and O–H groups in total. The first-order valence-electron chi connectivity index (χ1n) is 5.80. The number of hydrogen-bond acceptors (Lipinski definition) is 3. The maximum absolute atomic E-state index is 13.1. The second-order valence-electron chi connectivity index (χ2n) is 4.18. The summed E-state index contributed by atoms with van der Waals surface area (Å²) in [6, 6.07) is 4.60. The molecule has 0 aliphatic rings. The van der Waals surface area contributed by atoms with Gasteiger partial charge in [-0.2, -0.15) is 0 Å². The van der Waals surface area contributed by atoms with E-state index in [9.17, 15) is 4.39 Å². The van der Waals surface area contributed by atoms with E-state index in [0.29, 0.717) is 17.3 Å². The SMILES string of the molecule is Fc1ccc(CNc2cnc3cnc(Cl)cn23)cc1Cl. The van der Waals surface area contributed by atoms with Crippen molar-refractivity contribution in [2.75, 3.05) is 5.32 Å². The lowest BCUT2D eigenvalue weighted by Crippen LogP contribution is -2.02. The molecule has 0 amide bonds. The van der Waals surface area contributed by atoms with Crippen LogP contribution in [0.4, 0.5) is 10.2 Å². The molecular formula is C13H9Cl2FN4. The Kier molecular flexibility index (Phi) is 3.46. The van der Waals surface area contributed by atoms with Gasteiger partial charge >= 0.3 is 0 Å². The summed E-state index contributed by atoms with van der Waals surface area (Å²) in [4.78, 5) is 8.15. The second kappa shape index (κ2) is 5.26. The summed E-state index contributed by atoms with van der Waals surface area (Å²) in [6.07, 6.45) is 4.94. The Hall–Kier alpha value is -1.85. The number of halogens is 3. The van der Waals surface area contributed by atoms with Crippen LogP contribution < -0.4 is 5.32 Å². The van der Waals surface area contributed by atoms with E-state index in [1.54, 1.807) is 35.1 Å².